The van der Waals surface area contributed by atoms with Gasteiger partial charge in [0.15, 0.2) is 5.69 Å². The van der Waals surface area contributed by atoms with Crippen molar-refractivity contribution >= 4 is 23.4 Å². The van der Waals surface area contributed by atoms with Crippen molar-refractivity contribution in [2.75, 3.05) is 6.54 Å². The summed E-state index contributed by atoms with van der Waals surface area (Å²) in [6, 6.07) is 7.89. The summed E-state index contributed by atoms with van der Waals surface area (Å²) in [5.74, 6) is -0.570. The maximum atomic E-state index is 11.8. The number of hydrogen-bond donors (Lipinski definition) is 3. The van der Waals surface area contributed by atoms with Crippen LogP contribution in [0.15, 0.2) is 34.9 Å². The van der Waals surface area contributed by atoms with Crippen LogP contribution >= 0.6 is 11.6 Å². The Kier molecular flexibility index (Phi) is 4.91. The molecule has 0 atom stereocenters. The molecule has 0 spiro atoms. The normalized spacial score (nSPS) is 10.2. The van der Waals surface area contributed by atoms with E-state index >= 15 is 0 Å². The predicted octanol–water partition coefficient (Wildman–Crippen LogP) is 1.42. The summed E-state index contributed by atoms with van der Waals surface area (Å²) in [6.07, 6.45) is 0.366. The summed E-state index contributed by atoms with van der Waals surface area (Å²) >= 11 is 5.74. The molecule has 8 heteroatoms. The minimum Gasteiger partial charge on any atom is -0.361 e. The summed E-state index contributed by atoms with van der Waals surface area (Å²) in [7, 11) is 0. The number of carbonyl (C=O) groups excluding carboxylic acids is 2. The smallest absolute Gasteiger partial charge is 0.296 e. The summed E-state index contributed by atoms with van der Waals surface area (Å²) < 4.78 is 4.90. The Labute approximate surface area is 124 Å². The molecular formula is C13H12ClN3O4. The van der Waals surface area contributed by atoms with Crippen LogP contribution in [0.1, 0.15) is 26.6 Å². The van der Waals surface area contributed by atoms with Crippen LogP contribution in [0, 0.1) is 0 Å². The van der Waals surface area contributed by atoms with Crippen molar-refractivity contribution in [3.63, 3.8) is 0 Å². The maximum Gasteiger partial charge on any atom is 0.296 e. The van der Waals surface area contributed by atoms with Crippen molar-refractivity contribution in [3.05, 3.63) is 52.4 Å². The largest absolute Gasteiger partial charge is 0.361 e. The number of hydrogen-bond acceptors (Lipinski definition) is 5. The summed E-state index contributed by atoms with van der Waals surface area (Å²) in [5, 5.41) is 15.2. The Morgan fingerprint density at radius 2 is 1.95 bits per heavy atom. The van der Waals surface area contributed by atoms with Gasteiger partial charge < -0.3 is 9.84 Å². The molecule has 1 aromatic heterocycles. The van der Waals surface area contributed by atoms with Crippen LogP contribution in [-0.4, -0.2) is 28.7 Å². The van der Waals surface area contributed by atoms with Gasteiger partial charge in [0, 0.05) is 29.6 Å². The highest BCUT2D eigenvalue weighted by molar-refractivity contribution is 6.30. The van der Waals surface area contributed by atoms with E-state index < -0.39 is 5.91 Å². The Balaban J connectivity index is 1.84. The van der Waals surface area contributed by atoms with Crippen LogP contribution < -0.4 is 10.8 Å². The molecule has 110 valence electrons. The Morgan fingerprint density at radius 1 is 1.24 bits per heavy atom. The van der Waals surface area contributed by atoms with E-state index in [0.717, 1.165) is 0 Å². The van der Waals surface area contributed by atoms with E-state index in [0.29, 0.717) is 29.3 Å². The molecule has 2 aromatic rings. The van der Waals surface area contributed by atoms with Crippen molar-refractivity contribution < 1.29 is 19.3 Å². The second-order valence-electron chi connectivity index (χ2n) is 4.13. The van der Waals surface area contributed by atoms with Crippen molar-refractivity contribution in [2.45, 2.75) is 6.42 Å². The molecule has 3 N–H and O–H groups in total. The molecule has 0 unspecified atom stereocenters. The molecule has 0 fully saturated rings. The van der Waals surface area contributed by atoms with Crippen LogP contribution in [-0.2, 0) is 6.42 Å². The second-order valence-corrected chi connectivity index (χ2v) is 4.57. The lowest BCUT2D eigenvalue weighted by Crippen LogP contribution is -2.25. The van der Waals surface area contributed by atoms with Crippen molar-refractivity contribution in [2.24, 2.45) is 0 Å². The topological polar surface area (TPSA) is 104 Å². The third-order valence-electron chi connectivity index (χ3n) is 2.66. The van der Waals surface area contributed by atoms with Gasteiger partial charge in [-0.1, -0.05) is 16.8 Å². The van der Waals surface area contributed by atoms with Gasteiger partial charge in [0.1, 0.15) is 5.76 Å². The molecule has 0 aliphatic heterocycles. The quantitative estimate of drug-likeness (QED) is 0.572. The zero-order valence-electron chi connectivity index (χ0n) is 10.8. The van der Waals surface area contributed by atoms with E-state index in [-0.39, 0.29) is 11.6 Å². The molecule has 7 nitrogen and oxygen atoms in total. The average Bonchev–Trinajstić information content (AvgIpc) is 2.96. The lowest BCUT2D eigenvalue weighted by atomic mass is 10.2. The standard InChI is InChI=1S/C13H12ClN3O4/c14-9-3-1-8(2-4-9)12(18)15-6-5-10-7-11(17-21-10)13(19)16-20/h1-4,7,20H,5-6H2,(H,15,18)(H,16,19). The molecule has 0 saturated carbocycles. The number of amides is 2. The number of benzene rings is 1. The predicted molar refractivity (Wildman–Crippen MR) is 73.2 cm³/mol. The zero-order valence-corrected chi connectivity index (χ0v) is 11.6. The van der Waals surface area contributed by atoms with Gasteiger partial charge in [0.25, 0.3) is 11.8 Å². The van der Waals surface area contributed by atoms with Gasteiger partial charge in [-0.2, -0.15) is 0 Å². The van der Waals surface area contributed by atoms with Crippen LogP contribution in [0.2, 0.25) is 5.02 Å². The maximum absolute atomic E-state index is 11.8. The lowest BCUT2D eigenvalue weighted by molar-refractivity contribution is 0.0696. The number of nitrogens with zero attached hydrogens (tertiary/aromatic N) is 1. The molecule has 1 aromatic carbocycles. The van der Waals surface area contributed by atoms with E-state index in [1.165, 1.54) is 11.5 Å². The Morgan fingerprint density at radius 3 is 2.62 bits per heavy atom. The fourth-order valence-electron chi connectivity index (χ4n) is 1.60. The zero-order chi connectivity index (χ0) is 15.2. The van der Waals surface area contributed by atoms with E-state index in [9.17, 15) is 9.59 Å². The summed E-state index contributed by atoms with van der Waals surface area (Å²) in [5.41, 5.74) is 1.92. The molecule has 0 aliphatic carbocycles. The van der Waals surface area contributed by atoms with Gasteiger partial charge in [0.2, 0.25) is 0 Å². The molecule has 2 amide bonds. The van der Waals surface area contributed by atoms with Crippen LogP contribution in [0.3, 0.4) is 0 Å². The van der Waals surface area contributed by atoms with Gasteiger partial charge in [-0.25, -0.2) is 5.48 Å². The molecule has 1 heterocycles. The fourth-order valence-corrected chi connectivity index (χ4v) is 1.72. The SMILES string of the molecule is O=C(NCCc1cc(C(=O)NO)no1)c1ccc(Cl)cc1. The lowest BCUT2D eigenvalue weighted by Gasteiger charge is -2.03. The Hall–Kier alpha value is -2.38. The number of nitrogens with one attached hydrogen (secondary N) is 2. The van der Waals surface area contributed by atoms with Crippen LogP contribution in [0.25, 0.3) is 0 Å². The monoisotopic (exact) mass is 309 g/mol. The number of carbonyl (C=O) groups is 2. The number of aromatic nitrogens is 1. The Bertz CT molecular complexity index is 639. The average molecular weight is 310 g/mol. The van der Waals surface area contributed by atoms with Crippen LogP contribution in [0.4, 0.5) is 0 Å². The molecule has 0 saturated heterocycles. The first-order valence-electron chi connectivity index (χ1n) is 6.04. The summed E-state index contributed by atoms with van der Waals surface area (Å²) in [4.78, 5) is 22.9. The highest BCUT2D eigenvalue weighted by Crippen LogP contribution is 2.09. The minimum atomic E-state index is -0.754. The minimum absolute atomic E-state index is 0.0310. The van der Waals surface area contributed by atoms with Crippen molar-refractivity contribution in [3.8, 4) is 0 Å². The summed E-state index contributed by atoms with van der Waals surface area (Å²) in [6.45, 7) is 0.316. The first-order chi connectivity index (χ1) is 10.1. The first-order valence-corrected chi connectivity index (χ1v) is 6.41. The van der Waals surface area contributed by atoms with Gasteiger partial charge in [-0.15, -0.1) is 0 Å². The molecule has 0 radical (unpaired) electrons. The molecule has 0 aliphatic rings. The molecule has 2 rings (SSSR count). The van der Waals surface area contributed by atoms with Gasteiger partial charge >= 0.3 is 0 Å². The van der Waals surface area contributed by atoms with Crippen molar-refractivity contribution in [1.82, 2.24) is 16.0 Å². The highest BCUT2D eigenvalue weighted by Gasteiger charge is 2.12. The van der Waals surface area contributed by atoms with E-state index in [2.05, 4.69) is 10.5 Å². The van der Waals surface area contributed by atoms with Gasteiger partial charge in [0.05, 0.1) is 0 Å². The molecule has 21 heavy (non-hydrogen) atoms. The molecule has 0 bridgehead atoms. The van der Waals surface area contributed by atoms with Gasteiger partial charge in [-0.3, -0.25) is 14.8 Å². The van der Waals surface area contributed by atoms with Crippen LogP contribution in [0.5, 0.6) is 0 Å². The third-order valence-corrected chi connectivity index (χ3v) is 2.91. The van der Waals surface area contributed by atoms with E-state index in [4.69, 9.17) is 21.3 Å². The molecular weight excluding hydrogens is 298 g/mol. The third kappa shape index (κ3) is 4.04. The van der Waals surface area contributed by atoms with Gasteiger partial charge in [-0.05, 0) is 24.3 Å². The highest BCUT2D eigenvalue weighted by atomic mass is 35.5. The number of rotatable bonds is 5. The number of hydroxylamine groups is 1. The van der Waals surface area contributed by atoms with E-state index in [1.54, 1.807) is 24.3 Å². The fraction of sp³-hybridized carbons (Fsp3) is 0.154. The first kappa shape index (κ1) is 15.0. The van der Waals surface area contributed by atoms with E-state index in [1.807, 2.05) is 0 Å². The van der Waals surface area contributed by atoms with Crippen molar-refractivity contribution in [1.29, 1.82) is 0 Å². The second kappa shape index (κ2) is 6.87. The number of halogens is 1.